The number of hydrogen-bond donors (Lipinski definition) is 2. The summed E-state index contributed by atoms with van der Waals surface area (Å²) in [4.78, 5) is 21.2. The smallest absolute Gasteiger partial charge is 0.234 e. The van der Waals surface area contributed by atoms with Crippen LogP contribution in [0.2, 0.25) is 0 Å². The van der Waals surface area contributed by atoms with E-state index >= 15 is 0 Å². The first-order valence-electron chi connectivity index (χ1n) is 6.32. The number of likely N-dealkylation sites (N-methyl/N-ethyl adjacent to an activating group) is 1. The van der Waals surface area contributed by atoms with E-state index in [0.29, 0.717) is 13.1 Å². The van der Waals surface area contributed by atoms with Gasteiger partial charge < -0.3 is 10.3 Å². The van der Waals surface area contributed by atoms with Crippen LogP contribution in [0.5, 0.6) is 0 Å². The van der Waals surface area contributed by atoms with Crippen molar-refractivity contribution in [3.05, 3.63) is 17.7 Å². The predicted molar refractivity (Wildman–Crippen MR) is 72.2 cm³/mol. The normalized spacial score (nSPS) is 11.9. The van der Waals surface area contributed by atoms with E-state index in [-0.39, 0.29) is 11.4 Å². The molecule has 1 rings (SSSR count). The molecule has 1 amide bonds. The standard InChI is InChI=1S/C13H24N4O/c1-6-13(3,4)16-12(18)9-17(5)8-11-14-7-10(2)15-11/h7H,6,8-9H2,1-5H3,(H,14,15)(H,16,18). The van der Waals surface area contributed by atoms with Gasteiger partial charge in [-0.25, -0.2) is 4.98 Å². The molecular weight excluding hydrogens is 228 g/mol. The number of aromatic amines is 1. The molecule has 1 aromatic heterocycles. The van der Waals surface area contributed by atoms with E-state index in [2.05, 4.69) is 22.2 Å². The first-order valence-corrected chi connectivity index (χ1v) is 6.32. The second-order valence-corrected chi connectivity index (χ2v) is 5.47. The summed E-state index contributed by atoms with van der Waals surface area (Å²) in [5.74, 6) is 0.935. The van der Waals surface area contributed by atoms with Crippen molar-refractivity contribution in [1.29, 1.82) is 0 Å². The van der Waals surface area contributed by atoms with Crippen molar-refractivity contribution in [2.24, 2.45) is 0 Å². The van der Waals surface area contributed by atoms with Crippen LogP contribution in [-0.4, -0.2) is 39.9 Å². The van der Waals surface area contributed by atoms with Gasteiger partial charge in [0, 0.05) is 17.4 Å². The third-order valence-corrected chi connectivity index (χ3v) is 2.95. The van der Waals surface area contributed by atoms with Crippen molar-refractivity contribution in [3.63, 3.8) is 0 Å². The molecule has 1 aromatic rings. The first-order chi connectivity index (χ1) is 8.32. The summed E-state index contributed by atoms with van der Waals surface area (Å²) in [6.07, 6.45) is 2.71. The molecule has 0 aliphatic heterocycles. The predicted octanol–water partition coefficient (Wildman–Crippen LogP) is 1.45. The van der Waals surface area contributed by atoms with Crippen LogP contribution in [0.3, 0.4) is 0 Å². The Balaban J connectivity index is 2.40. The number of amides is 1. The maximum atomic E-state index is 11.8. The van der Waals surface area contributed by atoms with Gasteiger partial charge in [0.2, 0.25) is 5.91 Å². The third-order valence-electron chi connectivity index (χ3n) is 2.95. The zero-order valence-electron chi connectivity index (χ0n) is 12.0. The zero-order valence-corrected chi connectivity index (χ0v) is 12.0. The number of hydrogen-bond acceptors (Lipinski definition) is 3. The number of imidazole rings is 1. The molecule has 102 valence electrons. The summed E-state index contributed by atoms with van der Waals surface area (Å²) in [5, 5.41) is 3.02. The molecule has 0 aromatic carbocycles. The van der Waals surface area contributed by atoms with Crippen LogP contribution < -0.4 is 5.32 Å². The Morgan fingerprint density at radius 3 is 2.72 bits per heavy atom. The van der Waals surface area contributed by atoms with E-state index < -0.39 is 0 Å². The molecule has 0 aliphatic carbocycles. The van der Waals surface area contributed by atoms with E-state index in [1.165, 1.54) is 0 Å². The lowest BCUT2D eigenvalue weighted by Crippen LogP contribution is -2.46. The van der Waals surface area contributed by atoms with Crippen LogP contribution in [0.15, 0.2) is 6.20 Å². The number of nitrogens with one attached hydrogen (secondary N) is 2. The van der Waals surface area contributed by atoms with Crippen molar-refractivity contribution in [2.75, 3.05) is 13.6 Å². The van der Waals surface area contributed by atoms with Crippen molar-refractivity contribution in [2.45, 2.75) is 46.2 Å². The van der Waals surface area contributed by atoms with Gasteiger partial charge in [0.25, 0.3) is 0 Å². The minimum Gasteiger partial charge on any atom is -0.350 e. The van der Waals surface area contributed by atoms with Crippen LogP contribution in [0, 0.1) is 6.92 Å². The molecule has 0 unspecified atom stereocenters. The van der Waals surface area contributed by atoms with Gasteiger partial charge in [-0.15, -0.1) is 0 Å². The van der Waals surface area contributed by atoms with Crippen LogP contribution in [-0.2, 0) is 11.3 Å². The molecule has 0 aliphatic rings. The van der Waals surface area contributed by atoms with Gasteiger partial charge in [-0.2, -0.15) is 0 Å². The van der Waals surface area contributed by atoms with Crippen molar-refractivity contribution < 1.29 is 4.79 Å². The number of carbonyl (C=O) groups excluding carboxylic acids is 1. The summed E-state index contributed by atoms with van der Waals surface area (Å²) < 4.78 is 0. The molecule has 0 spiro atoms. The topological polar surface area (TPSA) is 61.0 Å². The number of aromatic nitrogens is 2. The Morgan fingerprint density at radius 1 is 1.56 bits per heavy atom. The molecule has 2 N–H and O–H groups in total. The molecule has 18 heavy (non-hydrogen) atoms. The highest BCUT2D eigenvalue weighted by atomic mass is 16.2. The molecule has 0 saturated heterocycles. The van der Waals surface area contributed by atoms with Gasteiger partial charge in [-0.05, 0) is 34.2 Å². The fourth-order valence-electron chi connectivity index (χ4n) is 1.61. The van der Waals surface area contributed by atoms with Crippen molar-refractivity contribution >= 4 is 5.91 Å². The van der Waals surface area contributed by atoms with Crippen LogP contribution in [0.4, 0.5) is 0 Å². The third kappa shape index (κ3) is 4.87. The van der Waals surface area contributed by atoms with Crippen LogP contribution >= 0.6 is 0 Å². The van der Waals surface area contributed by atoms with Gasteiger partial charge in [-0.1, -0.05) is 6.92 Å². The maximum Gasteiger partial charge on any atom is 0.234 e. The average molecular weight is 252 g/mol. The molecule has 0 radical (unpaired) electrons. The SMILES string of the molecule is CCC(C)(C)NC(=O)CN(C)Cc1ncc(C)[nH]1. The Kier molecular flexibility index (Phi) is 4.90. The summed E-state index contributed by atoms with van der Waals surface area (Å²) in [6.45, 7) is 9.11. The molecule has 0 saturated carbocycles. The van der Waals surface area contributed by atoms with Gasteiger partial charge in [0.05, 0.1) is 13.1 Å². The van der Waals surface area contributed by atoms with E-state index in [0.717, 1.165) is 17.9 Å². The lowest BCUT2D eigenvalue weighted by molar-refractivity contribution is -0.123. The first kappa shape index (κ1) is 14.7. The Labute approximate surface area is 109 Å². The summed E-state index contributed by atoms with van der Waals surface area (Å²) in [6, 6.07) is 0. The number of nitrogens with zero attached hydrogens (tertiary/aromatic N) is 2. The fraction of sp³-hybridized carbons (Fsp3) is 0.692. The molecule has 0 bridgehead atoms. The summed E-state index contributed by atoms with van der Waals surface area (Å²) >= 11 is 0. The van der Waals surface area contributed by atoms with Crippen molar-refractivity contribution in [3.8, 4) is 0 Å². The Morgan fingerprint density at radius 2 is 2.22 bits per heavy atom. The molecular formula is C13H24N4O. The summed E-state index contributed by atoms with van der Waals surface area (Å²) in [5.41, 5.74) is 0.897. The van der Waals surface area contributed by atoms with Gasteiger partial charge in [0.1, 0.15) is 5.82 Å². The van der Waals surface area contributed by atoms with Gasteiger partial charge in [0.15, 0.2) is 0 Å². The van der Waals surface area contributed by atoms with Crippen LogP contribution in [0.1, 0.15) is 38.7 Å². The van der Waals surface area contributed by atoms with E-state index in [1.807, 2.05) is 32.7 Å². The highest BCUT2D eigenvalue weighted by Crippen LogP contribution is 2.06. The van der Waals surface area contributed by atoms with E-state index in [1.54, 1.807) is 6.20 Å². The number of H-pyrrole nitrogens is 1. The maximum absolute atomic E-state index is 11.8. The number of carbonyl (C=O) groups is 1. The minimum absolute atomic E-state index is 0.0487. The summed E-state index contributed by atoms with van der Waals surface area (Å²) in [7, 11) is 1.91. The van der Waals surface area contributed by atoms with E-state index in [4.69, 9.17) is 0 Å². The fourth-order valence-corrected chi connectivity index (χ4v) is 1.61. The highest BCUT2D eigenvalue weighted by Gasteiger charge is 2.18. The molecule has 0 atom stereocenters. The molecule has 1 heterocycles. The van der Waals surface area contributed by atoms with Crippen LogP contribution in [0.25, 0.3) is 0 Å². The average Bonchev–Trinajstić information content (AvgIpc) is 2.62. The second-order valence-electron chi connectivity index (χ2n) is 5.47. The Hall–Kier alpha value is -1.36. The van der Waals surface area contributed by atoms with Gasteiger partial charge >= 0.3 is 0 Å². The minimum atomic E-state index is -0.140. The number of rotatable bonds is 6. The van der Waals surface area contributed by atoms with Crippen molar-refractivity contribution in [1.82, 2.24) is 20.2 Å². The number of aryl methyl sites for hydroxylation is 1. The molecule has 5 heteroatoms. The monoisotopic (exact) mass is 252 g/mol. The highest BCUT2D eigenvalue weighted by molar-refractivity contribution is 5.78. The van der Waals surface area contributed by atoms with E-state index in [9.17, 15) is 4.79 Å². The lowest BCUT2D eigenvalue weighted by Gasteiger charge is -2.26. The molecule has 5 nitrogen and oxygen atoms in total. The second kappa shape index (κ2) is 6.00. The molecule has 0 fully saturated rings. The Bertz CT molecular complexity index is 397. The van der Waals surface area contributed by atoms with Gasteiger partial charge in [-0.3, -0.25) is 9.69 Å². The largest absolute Gasteiger partial charge is 0.350 e. The zero-order chi connectivity index (χ0) is 13.8. The lowest BCUT2D eigenvalue weighted by atomic mass is 10.0. The quantitative estimate of drug-likeness (QED) is 0.805.